The number of halogens is 4. The van der Waals surface area contributed by atoms with Gasteiger partial charge < -0.3 is 5.32 Å². The summed E-state index contributed by atoms with van der Waals surface area (Å²) in [6.45, 7) is 0. The molecule has 1 aliphatic heterocycles. The van der Waals surface area contributed by atoms with E-state index in [1.54, 1.807) is 24.3 Å². The number of hydrogen-bond acceptors (Lipinski definition) is 7. The van der Waals surface area contributed by atoms with Crippen molar-refractivity contribution in [2.75, 3.05) is 9.91 Å². The first-order valence-corrected chi connectivity index (χ1v) is 13.2. The molecule has 13 heteroatoms. The number of pyridine rings is 1. The van der Waals surface area contributed by atoms with E-state index >= 15 is 0 Å². The fraction of sp³-hybridized carbons (Fsp3) is 0.310. The Morgan fingerprint density at radius 1 is 1.12 bits per heavy atom. The second-order valence-corrected chi connectivity index (χ2v) is 10.7. The number of β-lactam (4-membered cyclic amide) rings is 1. The minimum Gasteiger partial charge on any atom is -0.351 e. The van der Waals surface area contributed by atoms with Crippen LogP contribution in [0, 0.1) is 23.0 Å². The summed E-state index contributed by atoms with van der Waals surface area (Å²) in [6, 6.07) is 13.2. The number of nitrogens with one attached hydrogen (secondary N) is 1. The van der Waals surface area contributed by atoms with Crippen molar-refractivity contribution in [3.63, 3.8) is 0 Å². The average Bonchev–Trinajstić information content (AvgIpc) is 3.30. The van der Waals surface area contributed by atoms with Crippen LogP contribution in [0.4, 0.5) is 29.1 Å². The number of aromatic nitrogens is 1. The van der Waals surface area contributed by atoms with E-state index in [2.05, 4.69) is 10.3 Å². The number of hydrogen-bond donors (Lipinski definition) is 2. The molecular weight excluding hydrogens is 556 g/mol. The number of amides is 2. The second-order valence-electron chi connectivity index (χ2n) is 10.7. The highest BCUT2D eigenvalue weighted by Gasteiger charge is 2.57. The third-order valence-corrected chi connectivity index (χ3v) is 7.99. The number of anilines is 2. The van der Waals surface area contributed by atoms with Crippen LogP contribution in [0.3, 0.4) is 0 Å². The number of fused-ring (bicyclic) bond motifs is 1. The SMILES string of the molecule is N#Cc1ccnc(N2C(=O)C[C@H]2N(O)N(c2cc(F)cc(F)c2)[C@@]2(C(=O)NC3CC(F)(F)C3)CCc3ccccc32)c1. The topological polar surface area (TPSA) is 113 Å². The van der Waals surface area contributed by atoms with Gasteiger partial charge in [-0.1, -0.05) is 29.4 Å². The molecule has 3 aromatic rings. The largest absolute Gasteiger partial charge is 0.351 e. The lowest BCUT2D eigenvalue weighted by molar-refractivity contribution is -0.180. The number of hydrazine groups is 1. The lowest BCUT2D eigenvalue weighted by Crippen LogP contribution is -2.71. The predicted octanol–water partition coefficient (Wildman–Crippen LogP) is 4.16. The highest BCUT2D eigenvalue weighted by Crippen LogP contribution is 2.47. The van der Waals surface area contributed by atoms with Crippen LogP contribution in [-0.4, -0.2) is 45.3 Å². The Kier molecular flexibility index (Phi) is 6.63. The van der Waals surface area contributed by atoms with E-state index in [4.69, 9.17) is 0 Å². The van der Waals surface area contributed by atoms with Crippen molar-refractivity contribution in [2.45, 2.75) is 55.8 Å². The minimum absolute atomic E-state index is 0.0132. The molecule has 2 heterocycles. The molecule has 0 spiro atoms. The Labute approximate surface area is 237 Å². The van der Waals surface area contributed by atoms with Gasteiger partial charge in [0.25, 0.3) is 11.8 Å². The first-order valence-electron chi connectivity index (χ1n) is 13.2. The molecule has 2 aromatic carbocycles. The van der Waals surface area contributed by atoms with Crippen molar-refractivity contribution >= 4 is 23.3 Å². The molecule has 0 unspecified atom stereocenters. The molecule has 1 saturated heterocycles. The maximum Gasteiger partial charge on any atom is 0.252 e. The lowest BCUT2D eigenvalue weighted by atomic mass is 9.84. The summed E-state index contributed by atoms with van der Waals surface area (Å²) in [5.74, 6) is -6.08. The third kappa shape index (κ3) is 4.53. The minimum atomic E-state index is -2.93. The summed E-state index contributed by atoms with van der Waals surface area (Å²) in [5.41, 5.74) is -0.780. The molecule has 42 heavy (non-hydrogen) atoms. The standard InChI is InChI=1S/C29H24F4N6O3/c30-19-10-20(31)12-22(11-19)38(39(42)25-13-26(40)37(25)24-9-17(16-34)6-8-35-24)29(7-5-18-3-1-2-4-23(18)29)27(41)36-21-14-28(32,33)15-21/h1-4,6,8-12,21,25,42H,5,7,13-15H2,(H,36,41)/t25-,29+/m1/s1. The van der Waals surface area contributed by atoms with Crippen molar-refractivity contribution < 1.29 is 32.4 Å². The zero-order valence-corrected chi connectivity index (χ0v) is 22.0. The number of nitrogens with zero attached hydrogens (tertiary/aromatic N) is 5. The van der Waals surface area contributed by atoms with Crippen molar-refractivity contribution in [2.24, 2.45) is 0 Å². The summed E-state index contributed by atoms with van der Waals surface area (Å²) in [7, 11) is 0. The van der Waals surface area contributed by atoms with E-state index in [-0.39, 0.29) is 29.9 Å². The highest BCUT2D eigenvalue weighted by atomic mass is 19.3. The third-order valence-electron chi connectivity index (χ3n) is 7.99. The van der Waals surface area contributed by atoms with E-state index < -0.39 is 60.0 Å². The molecule has 1 saturated carbocycles. The Bertz CT molecular complexity index is 1600. The van der Waals surface area contributed by atoms with Gasteiger partial charge >= 0.3 is 0 Å². The Morgan fingerprint density at radius 2 is 1.83 bits per heavy atom. The Hall–Kier alpha value is -4.54. The number of benzene rings is 2. The molecule has 2 N–H and O–H groups in total. The van der Waals surface area contributed by atoms with Gasteiger partial charge in [-0.2, -0.15) is 5.26 Å². The molecule has 1 aromatic heterocycles. The quantitative estimate of drug-likeness (QED) is 0.245. The number of carbonyl (C=O) groups excluding carboxylic acids is 2. The molecule has 2 amide bonds. The average molecular weight is 581 g/mol. The van der Waals surface area contributed by atoms with Crippen LogP contribution < -0.4 is 15.2 Å². The number of aryl methyl sites for hydroxylation is 1. The van der Waals surface area contributed by atoms with Crippen molar-refractivity contribution in [3.05, 3.63) is 89.1 Å². The van der Waals surface area contributed by atoms with E-state index in [0.29, 0.717) is 28.8 Å². The highest BCUT2D eigenvalue weighted by molar-refractivity contribution is 6.00. The van der Waals surface area contributed by atoms with Crippen LogP contribution in [0.25, 0.3) is 0 Å². The predicted molar refractivity (Wildman–Crippen MR) is 140 cm³/mol. The van der Waals surface area contributed by atoms with Gasteiger partial charge in [-0.3, -0.25) is 24.7 Å². The Morgan fingerprint density at radius 3 is 2.50 bits per heavy atom. The van der Waals surface area contributed by atoms with Crippen molar-refractivity contribution in [1.82, 2.24) is 15.5 Å². The molecule has 2 aliphatic carbocycles. The molecular formula is C29H24F4N6O3. The van der Waals surface area contributed by atoms with Gasteiger partial charge in [0.05, 0.1) is 23.7 Å². The van der Waals surface area contributed by atoms with Gasteiger partial charge in [0, 0.05) is 31.1 Å². The van der Waals surface area contributed by atoms with Crippen LogP contribution in [0.5, 0.6) is 0 Å². The molecule has 6 rings (SSSR count). The maximum atomic E-state index is 14.6. The maximum absolute atomic E-state index is 14.6. The normalized spacial score (nSPS) is 22.6. The zero-order valence-electron chi connectivity index (χ0n) is 22.0. The van der Waals surface area contributed by atoms with Crippen LogP contribution in [0.15, 0.2) is 60.8 Å². The van der Waals surface area contributed by atoms with E-state index in [0.717, 1.165) is 22.0 Å². The van der Waals surface area contributed by atoms with E-state index in [1.807, 2.05) is 6.07 Å². The number of alkyl halides is 2. The summed E-state index contributed by atoms with van der Waals surface area (Å²) in [6.07, 6.45) is -0.952. The Balaban J connectivity index is 1.48. The van der Waals surface area contributed by atoms with Gasteiger partial charge in [-0.25, -0.2) is 22.5 Å². The van der Waals surface area contributed by atoms with Crippen molar-refractivity contribution in [3.8, 4) is 6.07 Å². The monoisotopic (exact) mass is 580 g/mol. The summed E-state index contributed by atoms with van der Waals surface area (Å²) in [4.78, 5) is 32.2. The van der Waals surface area contributed by atoms with Crippen LogP contribution >= 0.6 is 0 Å². The molecule has 0 bridgehead atoms. The second kappa shape index (κ2) is 10.1. The van der Waals surface area contributed by atoms with Gasteiger partial charge in [0.2, 0.25) is 5.91 Å². The van der Waals surface area contributed by atoms with Crippen molar-refractivity contribution in [1.29, 1.82) is 5.26 Å². The van der Waals surface area contributed by atoms with E-state index in [9.17, 15) is 37.6 Å². The van der Waals surface area contributed by atoms with Gasteiger partial charge in [0.15, 0.2) is 5.54 Å². The summed E-state index contributed by atoms with van der Waals surface area (Å²) >= 11 is 0. The molecule has 9 nitrogen and oxygen atoms in total. The lowest BCUT2D eigenvalue weighted by Gasteiger charge is -2.52. The number of hydroxylamine groups is 1. The smallest absolute Gasteiger partial charge is 0.252 e. The van der Waals surface area contributed by atoms with Gasteiger partial charge in [-0.15, -0.1) is 0 Å². The van der Waals surface area contributed by atoms with Gasteiger partial charge in [0.1, 0.15) is 23.6 Å². The fourth-order valence-electron chi connectivity index (χ4n) is 6.01. The zero-order chi connectivity index (χ0) is 29.8. The molecule has 0 radical (unpaired) electrons. The van der Waals surface area contributed by atoms with Crippen LogP contribution in [-0.2, 0) is 21.5 Å². The van der Waals surface area contributed by atoms with E-state index in [1.165, 1.54) is 18.3 Å². The first kappa shape index (κ1) is 27.6. The summed E-state index contributed by atoms with van der Waals surface area (Å²) < 4.78 is 56.7. The van der Waals surface area contributed by atoms with Gasteiger partial charge in [-0.05, 0) is 48.2 Å². The van der Waals surface area contributed by atoms with Crippen LogP contribution in [0.1, 0.15) is 42.4 Å². The number of rotatable bonds is 7. The number of carbonyl (C=O) groups is 2. The first-order chi connectivity index (χ1) is 20.0. The molecule has 216 valence electrons. The number of nitriles is 1. The fourth-order valence-corrected chi connectivity index (χ4v) is 6.01. The summed E-state index contributed by atoms with van der Waals surface area (Å²) in [5, 5.41) is 25.4. The molecule has 2 fully saturated rings. The van der Waals surface area contributed by atoms with Crippen LogP contribution in [0.2, 0.25) is 0 Å². The molecule has 2 atom stereocenters. The molecule has 3 aliphatic rings.